The smallest absolute Gasteiger partial charge is 0.255 e. The highest BCUT2D eigenvalue weighted by atomic mass is 79.9. The van der Waals surface area contributed by atoms with Crippen molar-refractivity contribution in [3.8, 4) is 5.75 Å². The van der Waals surface area contributed by atoms with Crippen molar-refractivity contribution in [2.75, 3.05) is 26.7 Å². The number of carbonyl (C=O) groups excluding carboxylic acids is 1. The number of carbonyl (C=O) groups is 1. The second-order valence-corrected chi connectivity index (χ2v) is 6.48. The van der Waals surface area contributed by atoms with Crippen molar-refractivity contribution in [1.82, 2.24) is 10.2 Å². The zero-order valence-corrected chi connectivity index (χ0v) is 13.1. The Labute approximate surface area is 127 Å². The molecule has 5 heteroatoms. The number of rotatable bonds is 3. The molecule has 1 atom stereocenters. The van der Waals surface area contributed by atoms with Crippen molar-refractivity contribution >= 4 is 21.8 Å². The maximum absolute atomic E-state index is 12.5. The molecule has 3 heterocycles. The zero-order chi connectivity index (χ0) is 14.1. The minimum atomic E-state index is -0.0342. The predicted octanol–water partition coefficient (Wildman–Crippen LogP) is 2.28. The Bertz CT molecular complexity index is 513. The maximum atomic E-state index is 12.5. The molecule has 0 aromatic heterocycles. The van der Waals surface area contributed by atoms with Gasteiger partial charge in [0.15, 0.2) is 0 Å². The molecule has 3 saturated heterocycles. The molecule has 3 fully saturated rings. The number of halogens is 1. The number of ether oxygens (including phenoxy) is 1. The molecule has 108 valence electrons. The summed E-state index contributed by atoms with van der Waals surface area (Å²) in [5.74, 6) is 1.21. The van der Waals surface area contributed by atoms with Gasteiger partial charge < -0.3 is 15.0 Å². The lowest BCUT2D eigenvalue weighted by molar-refractivity contribution is 0.0619. The van der Waals surface area contributed by atoms with Gasteiger partial charge in [-0.1, -0.05) is 15.9 Å². The summed E-state index contributed by atoms with van der Waals surface area (Å²) < 4.78 is 6.21. The Morgan fingerprint density at radius 1 is 1.40 bits per heavy atom. The Morgan fingerprint density at radius 2 is 2.15 bits per heavy atom. The van der Waals surface area contributed by atoms with Crippen molar-refractivity contribution < 1.29 is 9.53 Å². The number of amides is 1. The number of piperidine rings is 3. The maximum Gasteiger partial charge on any atom is 0.255 e. The topological polar surface area (TPSA) is 41.6 Å². The Kier molecular flexibility index (Phi) is 3.98. The van der Waals surface area contributed by atoms with Gasteiger partial charge in [0.05, 0.1) is 12.7 Å². The van der Waals surface area contributed by atoms with Crippen LogP contribution in [-0.2, 0) is 0 Å². The molecule has 1 aromatic rings. The molecule has 0 spiro atoms. The van der Waals surface area contributed by atoms with E-state index in [4.69, 9.17) is 4.74 Å². The molecular formula is C15H19BrN2O2. The van der Waals surface area contributed by atoms with E-state index in [1.54, 1.807) is 13.2 Å². The van der Waals surface area contributed by atoms with E-state index in [0.717, 1.165) is 11.0 Å². The van der Waals surface area contributed by atoms with Crippen LogP contribution in [0.4, 0.5) is 0 Å². The van der Waals surface area contributed by atoms with Gasteiger partial charge in [-0.2, -0.15) is 0 Å². The molecule has 4 nitrogen and oxygen atoms in total. The molecule has 0 radical (unpaired) electrons. The van der Waals surface area contributed by atoms with Crippen LogP contribution in [0.3, 0.4) is 0 Å². The van der Waals surface area contributed by atoms with Crippen molar-refractivity contribution in [1.29, 1.82) is 0 Å². The molecule has 2 bridgehead atoms. The van der Waals surface area contributed by atoms with Gasteiger partial charge in [-0.3, -0.25) is 4.79 Å². The van der Waals surface area contributed by atoms with E-state index in [0.29, 0.717) is 17.2 Å². The van der Waals surface area contributed by atoms with Crippen LogP contribution in [0, 0.1) is 5.92 Å². The minimum absolute atomic E-state index is 0.0342. The summed E-state index contributed by atoms with van der Waals surface area (Å²) in [6.07, 6.45) is 2.39. The average molecular weight is 339 g/mol. The van der Waals surface area contributed by atoms with Crippen LogP contribution in [0.2, 0.25) is 0 Å². The Morgan fingerprint density at radius 3 is 2.75 bits per heavy atom. The van der Waals surface area contributed by atoms with E-state index in [9.17, 15) is 4.79 Å². The molecule has 1 aromatic carbocycles. The summed E-state index contributed by atoms with van der Waals surface area (Å²) >= 11 is 3.39. The highest BCUT2D eigenvalue weighted by Crippen LogP contribution is 2.28. The molecule has 4 rings (SSSR count). The molecule has 1 unspecified atom stereocenters. The summed E-state index contributed by atoms with van der Waals surface area (Å²) in [6.45, 7) is 3.34. The van der Waals surface area contributed by atoms with Crippen LogP contribution >= 0.6 is 15.9 Å². The fourth-order valence-corrected chi connectivity index (χ4v) is 3.57. The third-order valence-electron chi connectivity index (χ3n) is 4.38. The number of methoxy groups -OCH3 is 1. The molecule has 1 N–H and O–H groups in total. The van der Waals surface area contributed by atoms with Crippen LogP contribution in [0.1, 0.15) is 23.2 Å². The van der Waals surface area contributed by atoms with Crippen molar-refractivity contribution in [2.45, 2.75) is 18.9 Å². The fourth-order valence-electron chi connectivity index (χ4n) is 3.23. The van der Waals surface area contributed by atoms with Gasteiger partial charge in [-0.05, 0) is 50.0 Å². The number of nitrogens with one attached hydrogen (secondary N) is 1. The minimum Gasteiger partial charge on any atom is -0.496 e. The van der Waals surface area contributed by atoms with Gasteiger partial charge in [0.2, 0.25) is 0 Å². The van der Waals surface area contributed by atoms with Gasteiger partial charge in [0.25, 0.3) is 5.91 Å². The quantitative estimate of drug-likeness (QED) is 0.919. The van der Waals surface area contributed by atoms with Crippen LogP contribution in [-0.4, -0.2) is 43.6 Å². The molecule has 0 saturated carbocycles. The number of nitrogens with zero attached hydrogens (tertiary/aromatic N) is 1. The Hall–Kier alpha value is -1.07. The standard InChI is InChI=1S/C15H19BrN2O2/c1-20-14-8-11(16)2-3-12(14)15(19)17-13-9-18-6-4-10(13)5-7-18/h2-3,8,10,13H,4-7,9H2,1H3,(H,17,19). The zero-order valence-electron chi connectivity index (χ0n) is 11.6. The summed E-state index contributed by atoms with van der Waals surface area (Å²) in [6, 6.07) is 5.78. The molecule has 1 amide bonds. The number of hydrogen-bond acceptors (Lipinski definition) is 3. The van der Waals surface area contributed by atoms with Crippen molar-refractivity contribution in [2.24, 2.45) is 5.92 Å². The van der Waals surface area contributed by atoms with Gasteiger partial charge in [-0.25, -0.2) is 0 Å². The fraction of sp³-hybridized carbons (Fsp3) is 0.533. The molecular weight excluding hydrogens is 320 g/mol. The molecule has 3 aliphatic heterocycles. The molecule has 20 heavy (non-hydrogen) atoms. The van der Waals surface area contributed by atoms with Gasteiger partial charge in [0.1, 0.15) is 5.75 Å². The van der Waals surface area contributed by atoms with Crippen LogP contribution < -0.4 is 10.1 Å². The SMILES string of the molecule is COc1cc(Br)ccc1C(=O)NC1CN2CCC1CC2. The number of fused-ring (bicyclic) bond motifs is 3. The normalized spacial score (nSPS) is 28.2. The summed E-state index contributed by atoms with van der Waals surface area (Å²) in [5, 5.41) is 3.18. The van der Waals surface area contributed by atoms with E-state index < -0.39 is 0 Å². The third-order valence-corrected chi connectivity index (χ3v) is 4.87. The van der Waals surface area contributed by atoms with E-state index >= 15 is 0 Å². The summed E-state index contributed by atoms with van der Waals surface area (Å²) in [5.41, 5.74) is 0.604. The van der Waals surface area contributed by atoms with E-state index in [2.05, 4.69) is 26.1 Å². The lowest BCUT2D eigenvalue weighted by Crippen LogP contribution is -2.57. The number of benzene rings is 1. The largest absolute Gasteiger partial charge is 0.496 e. The van der Waals surface area contributed by atoms with E-state index in [1.165, 1.54) is 25.9 Å². The summed E-state index contributed by atoms with van der Waals surface area (Å²) in [4.78, 5) is 14.9. The van der Waals surface area contributed by atoms with Crippen molar-refractivity contribution in [3.63, 3.8) is 0 Å². The lowest BCUT2D eigenvalue weighted by atomic mass is 9.84. The van der Waals surface area contributed by atoms with Gasteiger partial charge in [-0.15, -0.1) is 0 Å². The first kappa shape index (κ1) is 13.9. The number of hydrogen-bond donors (Lipinski definition) is 1. The van der Waals surface area contributed by atoms with Crippen molar-refractivity contribution in [3.05, 3.63) is 28.2 Å². The monoisotopic (exact) mass is 338 g/mol. The van der Waals surface area contributed by atoms with E-state index in [-0.39, 0.29) is 11.9 Å². The Balaban J connectivity index is 1.73. The predicted molar refractivity (Wildman–Crippen MR) is 81.1 cm³/mol. The second kappa shape index (κ2) is 5.74. The molecule has 3 aliphatic rings. The first-order chi connectivity index (χ1) is 9.67. The van der Waals surface area contributed by atoms with Gasteiger partial charge in [0, 0.05) is 17.1 Å². The van der Waals surface area contributed by atoms with Crippen LogP contribution in [0.25, 0.3) is 0 Å². The van der Waals surface area contributed by atoms with Gasteiger partial charge >= 0.3 is 0 Å². The highest BCUT2D eigenvalue weighted by Gasteiger charge is 2.35. The molecule has 0 aliphatic carbocycles. The first-order valence-corrected chi connectivity index (χ1v) is 7.83. The average Bonchev–Trinajstić information content (AvgIpc) is 2.48. The highest BCUT2D eigenvalue weighted by molar-refractivity contribution is 9.10. The third kappa shape index (κ3) is 2.69. The first-order valence-electron chi connectivity index (χ1n) is 7.04. The second-order valence-electron chi connectivity index (χ2n) is 5.56. The lowest BCUT2D eigenvalue weighted by Gasteiger charge is -2.44. The van der Waals surface area contributed by atoms with E-state index in [1.807, 2.05) is 12.1 Å². The summed E-state index contributed by atoms with van der Waals surface area (Å²) in [7, 11) is 1.59. The van der Waals surface area contributed by atoms with Crippen LogP contribution in [0.15, 0.2) is 22.7 Å². The van der Waals surface area contributed by atoms with Crippen LogP contribution in [0.5, 0.6) is 5.75 Å².